The average molecular weight is 494 g/mol. The van der Waals surface area contributed by atoms with E-state index in [9.17, 15) is 18.4 Å². The van der Waals surface area contributed by atoms with Crippen molar-refractivity contribution in [3.05, 3.63) is 88.3 Å². The predicted octanol–water partition coefficient (Wildman–Crippen LogP) is 4.35. The van der Waals surface area contributed by atoms with Crippen molar-refractivity contribution in [1.29, 1.82) is 0 Å². The Balaban J connectivity index is 1.52. The third-order valence-electron chi connectivity index (χ3n) is 5.30. The molecule has 1 unspecified atom stereocenters. The van der Waals surface area contributed by atoms with Crippen LogP contribution in [0.3, 0.4) is 0 Å². The number of hydrogen-bond donors (Lipinski definition) is 0. The Morgan fingerprint density at radius 2 is 1.86 bits per heavy atom. The van der Waals surface area contributed by atoms with Gasteiger partial charge in [0.25, 0.3) is 17.4 Å². The molecule has 4 aromatic rings. The fourth-order valence-electron chi connectivity index (χ4n) is 3.47. The molecule has 0 aliphatic carbocycles. The van der Waals surface area contributed by atoms with Crippen LogP contribution in [0.5, 0.6) is 5.75 Å². The van der Waals surface area contributed by atoms with Crippen molar-refractivity contribution in [1.82, 2.24) is 19.6 Å². The fourth-order valence-corrected chi connectivity index (χ4v) is 3.47. The standard InChI is InChI=1S/C26H24F2N4O4/c1-31(2)26(34)19-5-3-4-17(14-19)15-32-16-20(8-11-23(32)33)25-29-24(30-36-25)18-6-9-21(10-7-18)35-22(28)12-13-27/h3-11,14,16,22H,12-13,15H2,1-2H3. The molecule has 0 bridgehead atoms. The smallest absolute Gasteiger partial charge is 0.259 e. The van der Waals surface area contributed by atoms with E-state index in [0.717, 1.165) is 5.56 Å². The summed E-state index contributed by atoms with van der Waals surface area (Å²) in [5.74, 6) is 0.638. The molecule has 2 aromatic heterocycles. The number of amides is 1. The first-order valence-electron chi connectivity index (χ1n) is 11.2. The average Bonchev–Trinajstić information content (AvgIpc) is 3.36. The molecule has 0 aliphatic rings. The van der Waals surface area contributed by atoms with Gasteiger partial charge in [-0.15, -0.1) is 0 Å². The van der Waals surface area contributed by atoms with Crippen LogP contribution in [-0.4, -0.2) is 52.6 Å². The van der Waals surface area contributed by atoms with E-state index in [0.29, 0.717) is 22.5 Å². The molecule has 0 spiro atoms. The van der Waals surface area contributed by atoms with Gasteiger partial charge in [0, 0.05) is 43.9 Å². The van der Waals surface area contributed by atoms with E-state index in [-0.39, 0.29) is 36.1 Å². The fraction of sp³-hybridized carbons (Fsp3) is 0.231. The zero-order valence-electron chi connectivity index (χ0n) is 19.7. The van der Waals surface area contributed by atoms with Crippen molar-refractivity contribution in [2.75, 3.05) is 20.8 Å². The number of rotatable bonds is 9. The van der Waals surface area contributed by atoms with Gasteiger partial charge in [-0.1, -0.05) is 17.3 Å². The van der Waals surface area contributed by atoms with Crippen LogP contribution >= 0.6 is 0 Å². The molecule has 2 heterocycles. The molecule has 0 saturated heterocycles. The normalized spacial score (nSPS) is 11.8. The monoisotopic (exact) mass is 494 g/mol. The summed E-state index contributed by atoms with van der Waals surface area (Å²) in [5, 5.41) is 3.99. The maximum absolute atomic E-state index is 13.4. The van der Waals surface area contributed by atoms with Crippen LogP contribution in [0.2, 0.25) is 0 Å². The van der Waals surface area contributed by atoms with Gasteiger partial charge in [-0.3, -0.25) is 14.0 Å². The molecule has 0 fully saturated rings. The quantitative estimate of drug-likeness (QED) is 0.344. The second-order valence-corrected chi connectivity index (χ2v) is 8.24. The first-order chi connectivity index (χ1) is 17.3. The first kappa shape index (κ1) is 24.8. The van der Waals surface area contributed by atoms with Crippen LogP contribution in [0.4, 0.5) is 8.78 Å². The number of hydrogen-bond acceptors (Lipinski definition) is 6. The van der Waals surface area contributed by atoms with Crippen LogP contribution in [-0.2, 0) is 6.54 Å². The predicted molar refractivity (Wildman–Crippen MR) is 129 cm³/mol. The minimum Gasteiger partial charge on any atom is -0.460 e. The van der Waals surface area contributed by atoms with E-state index >= 15 is 0 Å². The molecule has 36 heavy (non-hydrogen) atoms. The zero-order chi connectivity index (χ0) is 25.7. The van der Waals surface area contributed by atoms with E-state index in [1.165, 1.54) is 27.7 Å². The SMILES string of the molecule is CN(C)C(=O)c1cccc(Cn2cc(-c3nc(-c4ccc(OC(F)CCF)cc4)no3)ccc2=O)c1. The molecule has 0 aliphatic heterocycles. The second-order valence-electron chi connectivity index (χ2n) is 8.24. The van der Waals surface area contributed by atoms with E-state index in [4.69, 9.17) is 9.26 Å². The van der Waals surface area contributed by atoms with E-state index in [2.05, 4.69) is 10.1 Å². The van der Waals surface area contributed by atoms with Crippen LogP contribution in [0.1, 0.15) is 22.3 Å². The van der Waals surface area contributed by atoms with Crippen molar-refractivity contribution >= 4 is 5.91 Å². The summed E-state index contributed by atoms with van der Waals surface area (Å²) in [5.41, 5.74) is 2.24. The van der Waals surface area contributed by atoms with Gasteiger partial charge in [0.1, 0.15) is 5.75 Å². The third-order valence-corrected chi connectivity index (χ3v) is 5.30. The number of carbonyl (C=O) groups is 1. The Hall–Kier alpha value is -4.34. The number of nitrogens with zero attached hydrogens (tertiary/aromatic N) is 4. The lowest BCUT2D eigenvalue weighted by molar-refractivity contribution is 0.0532. The van der Waals surface area contributed by atoms with Gasteiger partial charge in [-0.25, -0.2) is 4.39 Å². The number of benzene rings is 2. The minimum absolute atomic E-state index is 0.125. The molecule has 1 amide bonds. The molecule has 0 radical (unpaired) electrons. The Morgan fingerprint density at radius 1 is 1.11 bits per heavy atom. The van der Waals surface area contributed by atoms with Gasteiger partial charge in [-0.2, -0.15) is 4.98 Å². The lowest BCUT2D eigenvalue weighted by Crippen LogP contribution is -2.22. The largest absolute Gasteiger partial charge is 0.460 e. The first-order valence-corrected chi connectivity index (χ1v) is 11.2. The number of pyridine rings is 1. The van der Waals surface area contributed by atoms with Gasteiger partial charge >= 0.3 is 0 Å². The highest BCUT2D eigenvalue weighted by Gasteiger charge is 2.14. The van der Waals surface area contributed by atoms with Crippen LogP contribution in [0, 0.1) is 0 Å². The van der Waals surface area contributed by atoms with Crippen LogP contribution in [0.15, 0.2) is 76.2 Å². The molecule has 0 saturated carbocycles. The van der Waals surface area contributed by atoms with Gasteiger partial charge in [0.05, 0.1) is 18.8 Å². The molecule has 186 valence electrons. The highest BCUT2D eigenvalue weighted by Crippen LogP contribution is 2.24. The highest BCUT2D eigenvalue weighted by molar-refractivity contribution is 5.94. The number of ether oxygens (including phenoxy) is 1. The molecule has 1 atom stereocenters. The maximum Gasteiger partial charge on any atom is 0.259 e. The molecular formula is C26H24F2N4O4. The Bertz CT molecular complexity index is 1400. The van der Waals surface area contributed by atoms with Crippen molar-refractivity contribution in [2.24, 2.45) is 0 Å². The van der Waals surface area contributed by atoms with Gasteiger partial charge in [0.15, 0.2) is 0 Å². The Morgan fingerprint density at radius 3 is 2.58 bits per heavy atom. The summed E-state index contributed by atoms with van der Waals surface area (Å²) >= 11 is 0. The minimum atomic E-state index is -1.72. The van der Waals surface area contributed by atoms with E-state index in [1.807, 2.05) is 6.07 Å². The molecule has 8 nitrogen and oxygen atoms in total. The topological polar surface area (TPSA) is 90.5 Å². The summed E-state index contributed by atoms with van der Waals surface area (Å²) in [6.07, 6.45) is -0.439. The van der Waals surface area contributed by atoms with Crippen LogP contribution < -0.4 is 10.3 Å². The molecule has 4 rings (SSSR count). The van der Waals surface area contributed by atoms with Crippen LogP contribution in [0.25, 0.3) is 22.8 Å². The summed E-state index contributed by atoms with van der Waals surface area (Å²) in [7, 11) is 3.36. The number of alkyl halides is 2. The highest BCUT2D eigenvalue weighted by atomic mass is 19.2. The molecule has 0 N–H and O–H groups in total. The molecular weight excluding hydrogens is 470 g/mol. The Kier molecular flexibility index (Phi) is 7.53. The molecule has 10 heteroatoms. The van der Waals surface area contributed by atoms with E-state index in [1.54, 1.807) is 56.7 Å². The number of carbonyl (C=O) groups excluding carboxylic acids is 1. The maximum atomic E-state index is 13.4. The van der Waals surface area contributed by atoms with Crippen molar-refractivity contribution < 1.29 is 22.8 Å². The lowest BCUT2D eigenvalue weighted by atomic mass is 10.1. The zero-order valence-corrected chi connectivity index (χ0v) is 19.7. The third kappa shape index (κ3) is 5.83. The van der Waals surface area contributed by atoms with Crippen molar-refractivity contribution in [3.63, 3.8) is 0 Å². The number of aromatic nitrogens is 3. The second kappa shape index (κ2) is 10.9. The summed E-state index contributed by atoms with van der Waals surface area (Å²) < 4.78 is 37.6. The van der Waals surface area contributed by atoms with Gasteiger partial charge in [-0.05, 0) is 48.0 Å². The van der Waals surface area contributed by atoms with Crippen molar-refractivity contribution in [2.45, 2.75) is 19.3 Å². The van der Waals surface area contributed by atoms with E-state index < -0.39 is 13.0 Å². The Labute approximate surface area is 205 Å². The summed E-state index contributed by atoms with van der Waals surface area (Å²) in [6, 6.07) is 16.4. The lowest BCUT2D eigenvalue weighted by Gasteiger charge is -2.12. The summed E-state index contributed by atoms with van der Waals surface area (Å²) in [6.45, 7) is -0.553. The summed E-state index contributed by atoms with van der Waals surface area (Å²) in [4.78, 5) is 30.6. The van der Waals surface area contributed by atoms with Gasteiger partial charge in [0.2, 0.25) is 12.2 Å². The molecule has 2 aromatic carbocycles. The van der Waals surface area contributed by atoms with Gasteiger partial charge < -0.3 is 18.7 Å². The van der Waals surface area contributed by atoms with Crippen molar-refractivity contribution in [3.8, 4) is 28.6 Å². The number of halogens is 2.